The first kappa shape index (κ1) is 51.0. The van der Waals surface area contributed by atoms with Gasteiger partial charge in [-0.25, -0.2) is 0 Å². The number of carbonyl (C=O) groups excluding carboxylic acids is 1. The molecule has 0 spiro atoms. The summed E-state index contributed by atoms with van der Waals surface area (Å²) in [7, 11) is 1.29. The van der Waals surface area contributed by atoms with Crippen LogP contribution in [0.25, 0.3) is 0 Å². The highest BCUT2D eigenvalue weighted by Crippen LogP contribution is 2.38. The number of hydrogen-bond acceptors (Lipinski definition) is 6. The number of rotatable bonds is 39. The van der Waals surface area contributed by atoms with Gasteiger partial charge in [-0.05, 0) is 44.9 Å². The second kappa shape index (κ2) is 35.7. The van der Waals surface area contributed by atoms with Crippen LogP contribution in [-0.2, 0) is 18.4 Å². The van der Waals surface area contributed by atoms with Gasteiger partial charge in [0.05, 0.1) is 39.9 Å². The number of quaternary nitrogens is 1. The molecule has 0 heterocycles. The van der Waals surface area contributed by atoms with Crippen molar-refractivity contribution < 1.29 is 32.9 Å². The summed E-state index contributed by atoms with van der Waals surface area (Å²) in [5, 5.41) is 13.9. The lowest BCUT2D eigenvalue weighted by Crippen LogP contribution is -2.46. The van der Waals surface area contributed by atoms with Crippen LogP contribution >= 0.6 is 7.82 Å². The summed E-state index contributed by atoms with van der Waals surface area (Å²) in [5.74, 6) is -0.179. The third-order valence-electron chi connectivity index (χ3n) is 9.69. The van der Waals surface area contributed by atoms with Gasteiger partial charge in [0.1, 0.15) is 13.2 Å². The largest absolute Gasteiger partial charge is 0.756 e. The summed E-state index contributed by atoms with van der Waals surface area (Å²) < 4.78 is 23.2. The smallest absolute Gasteiger partial charge is 0.268 e. The molecule has 0 saturated carbocycles. The molecule has 8 nitrogen and oxygen atoms in total. The van der Waals surface area contributed by atoms with Crippen molar-refractivity contribution in [1.29, 1.82) is 0 Å². The Bertz CT molecular complexity index is 907. The van der Waals surface area contributed by atoms with Crippen LogP contribution in [0, 0.1) is 0 Å². The molecule has 0 bridgehead atoms. The molecule has 9 heteroatoms. The molecule has 1 amide bonds. The van der Waals surface area contributed by atoms with Crippen molar-refractivity contribution in [3.8, 4) is 0 Å². The van der Waals surface area contributed by atoms with Crippen molar-refractivity contribution in [2.75, 3.05) is 40.9 Å². The Kier molecular flexibility index (Phi) is 35.0. The van der Waals surface area contributed by atoms with E-state index in [4.69, 9.17) is 9.05 Å². The lowest BCUT2D eigenvalue weighted by molar-refractivity contribution is -0.870. The molecule has 3 unspecified atom stereocenters. The van der Waals surface area contributed by atoms with Gasteiger partial charge in [-0.3, -0.25) is 9.36 Å². The highest BCUT2D eigenvalue weighted by molar-refractivity contribution is 7.45. The zero-order chi connectivity index (χ0) is 38.6. The third-order valence-corrected chi connectivity index (χ3v) is 10.7. The number of aliphatic hydroxyl groups is 1. The summed E-state index contributed by atoms with van der Waals surface area (Å²) in [6, 6.07) is -0.804. The Balaban J connectivity index is 4.42. The number of allylic oxidation sites excluding steroid dienone is 4. The van der Waals surface area contributed by atoms with Crippen LogP contribution in [0.4, 0.5) is 0 Å². The average Bonchev–Trinajstić information content (AvgIpc) is 3.09. The maximum absolute atomic E-state index is 12.8. The molecule has 0 fully saturated rings. The summed E-state index contributed by atoms with van der Waals surface area (Å²) in [4.78, 5) is 25.3. The van der Waals surface area contributed by atoms with E-state index in [1.807, 2.05) is 21.1 Å². The Hall–Kier alpha value is -1.02. The number of phosphoric acid groups is 1. The van der Waals surface area contributed by atoms with E-state index in [1.54, 1.807) is 0 Å². The van der Waals surface area contributed by atoms with Gasteiger partial charge in [0.25, 0.3) is 7.82 Å². The van der Waals surface area contributed by atoms with E-state index in [2.05, 4.69) is 43.5 Å². The van der Waals surface area contributed by atoms with Crippen LogP contribution in [0.2, 0.25) is 0 Å². The number of amides is 1. The number of carbonyl (C=O) groups is 1. The van der Waals surface area contributed by atoms with Crippen molar-refractivity contribution in [2.45, 2.75) is 206 Å². The quantitative estimate of drug-likeness (QED) is 0.0280. The minimum atomic E-state index is -4.56. The van der Waals surface area contributed by atoms with Gasteiger partial charge in [0.2, 0.25) is 5.91 Å². The molecule has 0 saturated heterocycles. The van der Waals surface area contributed by atoms with E-state index in [0.717, 1.165) is 64.2 Å². The molecule has 0 aromatic rings. The number of aliphatic hydroxyl groups excluding tert-OH is 1. The summed E-state index contributed by atoms with van der Waals surface area (Å²) in [6.07, 6.45) is 40.3. The van der Waals surface area contributed by atoms with Crippen LogP contribution in [0.3, 0.4) is 0 Å². The minimum Gasteiger partial charge on any atom is -0.756 e. The molecule has 2 N–H and O–H groups in total. The summed E-state index contributed by atoms with van der Waals surface area (Å²) >= 11 is 0. The summed E-state index contributed by atoms with van der Waals surface area (Å²) in [5.41, 5.74) is 0. The van der Waals surface area contributed by atoms with Crippen molar-refractivity contribution in [1.82, 2.24) is 5.32 Å². The van der Waals surface area contributed by atoms with E-state index in [1.165, 1.54) is 103 Å². The van der Waals surface area contributed by atoms with Gasteiger partial charge in [-0.1, -0.05) is 167 Å². The number of likely N-dealkylation sites (N-methyl/N-ethyl adjacent to an activating group) is 1. The second-order valence-electron chi connectivity index (χ2n) is 16.1. The molecule has 0 aromatic carbocycles. The minimum absolute atomic E-state index is 0.00971. The molecule has 52 heavy (non-hydrogen) atoms. The summed E-state index contributed by atoms with van der Waals surface area (Å²) in [6.45, 7) is 4.68. The number of unbranched alkanes of at least 4 members (excludes halogenated alkanes) is 22. The molecule has 0 rings (SSSR count). The SMILES string of the molecule is CCCCCC/C=C\C/C=C\CCCCCCCC(=O)NC(COP(=O)([O-])OCC[N+](C)(C)C)C(O)CCCCCCCCCCCCCCCC. The van der Waals surface area contributed by atoms with Crippen LogP contribution in [0.5, 0.6) is 0 Å². The molecular formula is C43H85N2O6P. The van der Waals surface area contributed by atoms with Crippen LogP contribution in [0.1, 0.15) is 194 Å². The number of nitrogens with zero attached hydrogens (tertiary/aromatic N) is 1. The van der Waals surface area contributed by atoms with Gasteiger partial charge in [-0.15, -0.1) is 0 Å². The standard InChI is InChI=1S/C43H85N2O6P/c1-6-8-10-12-14-16-18-20-22-23-25-27-29-31-33-35-37-43(47)44-41(40-51-52(48,49)50-39-38-45(3,4)5)42(46)36-34-32-30-28-26-24-21-19-17-15-13-11-9-7-2/h16,18,22-23,41-42,46H,6-15,17,19-21,24-40H2,1-5H3,(H-,44,47,48,49)/b18-16-,23-22-. The van der Waals surface area contributed by atoms with E-state index in [0.29, 0.717) is 23.9 Å². The third kappa shape index (κ3) is 37.3. The highest BCUT2D eigenvalue weighted by Gasteiger charge is 2.24. The number of hydrogen-bond donors (Lipinski definition) is 2. The van der Waals surface area contributed by atoms with E-state index < -0.39 is 20.0 Å². The van der Waals surface area contributed by atoms with Gasteiger partial charge < -0.3 is 28.8 Å². The zero-order valence-electron chi connectivity index (χ0n) is 34.8. The first-order valence-electron chi connectivity index (χ1n) is 21.7. The molecular weight excluding hydrogens is 671 g/mol. The number of nitrogens with one attached hydrogen (secondary N) is 1. The fourth-order valence-electron chi connectivity index (χ4n) is 6.19. The van der Waals surface area contributed by atoms with Gasteiger partial charge >= 0.3 is 0 Å². The zero-order valence-corrected chi connectivity index (χ0v) is 35.7. The van der Waals surface area contributed by atoms with Crippen molar-refractivity contribution in [2.24, 2.45) is 0 Å². The Labute approximate surface area is 322 Å². The fourth-order valence-corrected chi connectivity index (χ4v) is 6.91. The first-order valence-corrected chi connectivity index (χ1v) is 23.1. The van der Waals surface area contributed by atoms with Gasteiger partial charge in [0, 0.05) is 6.42 Å². The predicted molar refractivity (Wildman–Crippen MR) is 219 cm³/mol. The molecule has 0 radical (unpaired) electrons. The predicted octanol–water partition coefficient (Wildman–Crippen LogP) is 11.1. The number of phosphoric ester groups is 1. The van der Waals surface area contributed by atoms with Crippen molar-refractivity contribution in [3.63, 3.8) is 0 Å². The van der Waals surface area contributed by atoms with Crippen LogP contribution < -0.4 is 10.2 Å². The maximum Gasteiger partial charge on any atom is 0.268 e. The monoisotopic (exact) mass is 757 g/mol. The van der Waals surface area contributed by atoms with Crippen molar-refractivity contribution >= 4 is 13.7 Å². The molecule has 0 aromatic heterocycles. The molecule has 308 valence electrons. The Morgan fingerprint density at radius 2 is 1.12 bits per heavy atom. The highest BCUT2D eigenvalue weighted by atomic mass is 31.2. The van der Waals surface area contributed by atoms with Crippen LogP contribution in [0.15, 0.2) is 24.3 Å². The van der Waals surface area contributed by atoms with Crippen molar-refractivity contribution in [3.05, 3.63) is 24.3 Å². The fraction of sp³-hybridized carbons (Fsp3) is 0.884. The van der Waals surface area contributed by atoms with Crippen LogP contribution in [-0.4, -0.2) is 68.5 Å². The Morgan fingerprint density at radius 1 is 0.673 bits per heavy atom. The second-order valence-corrected chi connectivity index (χ2v) is 17.5. The van der Waals surface area contributed by atoms with Gasteiger partial charge in [0.15, 0.2) is 0 Å². The van der Waals surface area contributed by atoms with E-state index in [9.17, 15) is 19.4 Å². The van der Waals surface area contributed by atoms with Gasteiger partial charge in [-0.2, -0.15) is 0 Å². The maximum atomic E-state index is 12.8. The molecule has 3 atom stereocenters. The van der Waals surface area contributed by atoms with E-state index >= 15 is 0 Å². The topological polar surface area (TPSA) is 108 Å². The molecule has 0 aliphatic carbocycles. The van der Waals surface area contributed by atoms with E-state index in [-0.39, 0.29) is 19.1 Å². The Morgan fingerprint density at radius 3 is 1.62 bits per heavy atom. The molecule has 0 aliphatic heterocycles. The lowest BCUT2D eigenvalue weighted by Gasteiger charge is -2.30. The first-order chi connectivity index (χ1) is 25.0. The average molecular weight is 757 g/mol. The lowest BCUT2D eigenvalue weighted by atomic mass is 10.0. The molecule has 0 aliphatic rings. The normalized spacial score (nSPS) is 14.7.